The van der Waals surface area contributed by atoms with Crippen molar-refractivity contribution in [2.45, 2.75) is 96.9 Å². The number of hydrogen-bond donors (Lipinski definition) is 0. The van der Waals surface area contributed by atoms with Gasteiger partial charge in [-0.25, -0.2) is 9.59 Å². The highest BCUT2D eigenvalue weighted by Crippen LogP contribution is 2.45. The molecular formula is C30H42N4O5. The van der Waals surface area contributed by atoms with E-state index in [4.69, 9.17) is 19.3 Å². The van der Waals surface area contributed by atoms with E-state index in [2.05, 4.69) is 26.1 Å². The Kier molecular flexibility index (Phi) is 7.53. The van der Waals surface area contributed by atoms with Crippen LogP contribution in [0.5, 0.6) is 5.75 Å². The van der Waals surface area contributed by atoms with Crippen molar-refractivity contribution in [1.82, 2.24) is 14.7 Å². The second-order valence-electron chi connectivity index (χ2n) is 12.3. The van der Waals surface area contributed by atoms with Crippen molar-refractivity contribution in [3.8, 4) is 16.9 Å². The number of nitrogens with zero attached hydrogens (tertiary/aromatic N) is 4. The molecule has 9 heteroatoms. The predicted octanol–water partition coefficient (Wildman–Crippen LogP) is 6.21. The minimum atomic E-state index is -0.506. The summed E-state index contributed by atoms with van der Waals surface area (Å²) in [5, 5.41) is 4.77. The van der Waals surface area contributed by atoms with Gasteiger partial charge < -0.3 is 19.1 Å². The Bertz CT molecular complexity index is 1210. The SMILES string of the molecule is COC(=O)N1c2ccc(-c3cnn(C4CCN(C(=O)OC(C)(C)C)CC4C)c3)c(OC3CCC3)c2CC[C@@H]1C. The van der Waals surface area contributed by atoms with Gasteiger partial charge in [0.15, 0.2) is 0 Å². The zero-order valence-corrected chi connectivity index (χ0v) is 24.1. The third kappa shape index (κ3) is 5.58. The van der Waals surface area contributed by atoms with Gasteiger partial charge in [-0.05, 0) is 84.3 Å². The zero-order chi connectivity index (χ0) is 27.9. The molecule has 2 aromatic rings. The Labute approximate surface area is 231 Å². The van der Waals surface area contributed by atoms with E-state index in [1.165, 1.54) is 13.5 Å². The Hall–Kier alpha value is -3.23. The molecule has 0 radical (unpaired) electrons. The molecule has 3 atom stereocenters. The lowest BCUT2D eigenvalue weighted by atomic mass is 9.91. The van der Waals surface area contributed by atoms with E-state index < -0.39 is 5.60 Å². The van der Waals surface area contributed by atoms with E-state index >= 15 is 0 Å². The molecule has 3 heterocycles. The van der Waals surface area contributed by atoms with Gasteiger partial charge in [0.1, 0.15) is 11.4 Å². The average Bonchev–Trinajstić information content (AvgIpc) is 3.34. The molecule has 2 aliphatic heterocycles. The molecule has 1 aromatic carbocycles. The molecule has 2 unspecified atom stereocenters. The number of amides is 2. The van der Waals surface area contributed by atoms with Crippen LogP contribution in [0, 0.1) is 5.92 Å². The first-order valence-corrected chi connectivity index (χ1v) is 14.3. The highest BCUT2D eigenvalue weighted by molar-refractivity contribution is 5.92. The Morgan fingerprint density at radius 1 is 1.05 bits per heavy atom. The normalized spacial score (nSPS) is 23.6. The van der Waals surface area contributed by atoms with E-state index in [9.17, 15) is 9.59 Å². The summed E-state index contributed by atoms with van der Waals surface area (Å²) in [5.74, 6) is 1.09. The molecule has 0 N–H and O–H groups in total. The van der Waals surface area contributed by atoms with Crippen LogP contribution in [0.3, 0.4) is 0 Å². The summed E-state index contributed by atoms with van der Waals surface area (Å²) >= 11 is 0. The van der Waals surface area contributed by atoms with E-state index in [-0.39, 0.29) is 36.3 Å². The standard InChI is InChI=1S/C30H42N4O5/c1-19-17-32(28(35)39-30(3,4)5)15-14-25(19)33-18-21(16-31-33)23-12-13-26-24(27(23)38-22-8-7-9-22)11-10-20(2)34(26)29(36)37-6/h12-13,16,18-20,22,25H,7-11,14-15,17H2,1-6H3/t19?,20-,25?/m0/s1. The number of benzene rings is 1. The maximum atomic E-state index is 12.7. The smallest absolute Gasteiger partial charge is 0.414 e. The van der Waals surface area contributed by atoms with Gasteiger partial charge in [0.25, 0.3) is 0 Å². The van der Waals surface area contributed by atoms with Gasteiger partial charge in [0.2, 0.25) is 0 Å². The van der Waals surface area contributed by atoms with Crippen LogP contribution in [0.25, 0.3) is 11.1 Å². The Morgan fingerprint density at radius 2 is 1.82 bits per heavy atom. The van der Waals surface area contributed by atoms with Gasteiger partial charge in [0.05, 0.1) is 31.1 Å². The van der Waals surface area contributed by atoms with E-state index in [0.29, 0.717) is 13.1 Å². The van der Waals surface area contributed by atoms with Crippen LogP contribution in [0.2, 0.25) is 0 Å². The number of piperidine rings is 1. The quantitative estimate of drug-likeness (QED) is 0.460. The number of aromatic nitrogens is 2. The topological polar surface area (TPSA) is 86.1 Å². The summed E-state index contributed by atoms with van der Waals surface area (Å²) in [6, 6.07) is 4.31. The van der Waals surface area contributed by atoms with Crippen LogP contribution >= 0.6 is 0 Å². The molecule has 3 aliphatic rings. The van der Waals surface area contributed by atoms with Crippen LogP contribution in [0.4, 0.5) is 15.3 Å². The number of hydrogen-bond acceptors (Lipinski definition) is 6. The second-order valence-corrected chi connectivity index (χ2v) is 12.3. The molecule has 1 aromatic heterocycles. The number of anilines is 1. The number of carbonyl (C=O) groups excluding carboxylic acids is 2. The second kappa shape index (κ2) is 10.7. The Balaban J connectivity index is 1.41. The van der Waals surface area contributed by atoms with Gasteiger partial charge in [-0.3, -0.25) is 9.58 Å². The lowest BCUT2D eigenvalue weighted by Gasteiger charge is -2.37. The van der Waals surface area contributed by atoms with Gasteiger partial charge >= 0.3 is 12.2 Å². The lowest BCUT2D eigenvalue weighted by molar-refractivity contribution is 0.0118. The molecule has 2 fully saturated rings. The summed E-state index contributed by atoms with van der Waals surface area (Å²) in [4.78, 5) is 28.8. The number of fused-ring (bicyclic) bond motifs is 1. The van der Waals surface area contributed by atoms with Crippen LogP contribution in [0.15, 0.2) is 24.5 Å². The molecule has 5 rings (SSSR count). The van der Waals surface area contributed by atoms with Crippen molar-refractivity contribution >= 4 is 17.9 Å². The number of ether oxygens (including phenoxy) is 3. The Morgan fingerprint density at radius 3 is 2.46 bits per heavy atom. The first-order chi connectivity index (χ1) is 18.6. The van der Waals surface area contributed by atoms with Crippen LogP contribution in [0.1, 0.15) is 78.3 Å². The minimum absolute atomic E-state index is 0.0585. The number of likely N-dealkylation sites (tertiary alicyclic amines) is 1. The fraction of sp³-hybridized carbons (Fsp3) is 0.633. The van der Waals surface area contributed by atoms with Gasteiger partial charge in [-0.15, -0.1) is 0 Å². The molecule has 0 spiro atoms. The molecule has 2 amide bonds. The third-order valence-electron chi connectivity index (χ3n) is 8.22. The number of rotatable bonds is 4. The number of carbonyl (C=O) groups is 2. The van der Waals surface area contributed by atoms with E-state index in [1.807, 2.05) is 37.7 Å². The molecular weight excluding hydrogens is 496 g/mol. The minimum Gasteiger partial charge on any atom is -0.489 e. The van der Waals surface area contributed by atoms with Crippen molar-refractivity contribution in [2.24, 2.45) is 5.92 Å². The lowest BCUT2D eigenvalue weighted by Crippen LogP contribution is -2.45. The molecule has 1 saturated heterocycles. The summed E-state index contributed by atoms with van der Waals surface area (Å²) < 4.78 is 19.4. The molecule has 0 bridgehead atoms. The monoisotopic (exact) mass is 538 g/mol. The van der Waals surface area contributed by atoms with Crippen LogP contribution < -0.4 is 9.64 Å². The summed E-state index contributed by atoms with van der Waals surface area (Å²) in [6.45, 7) is 11.2. The van der Waals surface area contributed by atoms with Crippen molar-refractivity contribution in [3.63, 3.8) is 0 Å². The molecule has 212 valence electrons. The van der Waals surface area contributed by atoms with Crippen molar-refractivity contribution in [3.05, 3.63) is 30.1 Å². The number of methoxy groups -OCH3 is 1. The van der Waals surface area contributed by atoms with Gasteiger partial charge in [-0.2, -0.15) is 5.10 Å². The summed E-state index contributed by atoms with van der Waals surface area (Å²) in [5.41, 5.74) is 3.43. The zero-order valence-electron chi connectivity index (χ0n) is 24.1. The maximum Gasteiger partial charge on any atom is 0.414 e. The summed E-state index contributed by atoms with van der Waals surface area (Å²) in [7, 11) is 1.43. The third-order valence-corrected chi connectivity index (χ3v) is 8.22. The highest BCUT2D eigenvalue weighted by Gasteiger charge is 2.35. The molecule has 1 aliphatic carbocycles. The first-order valence-electron chi connectivity index (χ1n) is 14.3. The largest absolute Gasteiger partial charge is 0.489 e. The fourth-order valence-corrected chi connectivity index (χ4v) is 5.88. The van der Waals surface area contributed by atoms with Crippen molar-refractivity contribution in [1.29, 1.82) is 0 Å². The maximum absolute atomic E-state index is 12.7. The van der Waals surface area contributed by atoms with Crippen molar-refractivity contribution in [2.75, 3.05) is 25.1 Å². The highest BCUT2D eigenvalue weighted by atomic mass is 16.6. The average molecular weight is 539 g/mol. The van der Waals surface area contributed by atoms with Crippen LogP contribution in [-0.2, 0) is 15.9 Å². The predicted molar refractivity (Wildman–Crippen MR) is 149 cm³/mol. The van der Waals surface area contributed by atoms with Crippen LogP contribution in [-0.4, -0.2) is 64.8 Å². The van der Waals surface area contributed by atoms with Crippen molar-refractivity contribution < 1.29 is 23.8 Å². The molecule has 1 saturated carbocycles. The van der Waals surface area contributed by atoms with Gasteiger partial charge in [0, 0.05) is 42.0 Å². The van der Waals surface area contributed by atoms with Gasteiger partial charge in [-0.1, -0.05) is 6.92 Å². The van der Waals surface area contributed by atoms with E-state index in [0.717, 1.165) is 60.2 Å². The molecule has 39 heavy (non-hydrogen) atoms. The fourth-order valence-electron chi connectivity index (χ4n) is 5.88. The molecule has 9 nitrogen and oxygen atoms in total. The van der Waals surface area contributed by atoms with E-state index in [1.54, 1.807) is 9.80 Å². The first kappa shape index (κ1) is 27.3. The summed E-state index contributed by atoms with van der Waals surface area (Å²) in [6.07, 6.45) is 9.39.